The lowest BCUT2D eigenvalue weighted by atomic mass is 10.0. The van der Waals surface area contributed by atoms with Crippen LogP contribution in [0.2, 0.25) is 0 Å². The molecule has 2 aromatic rings. The van der Waals surface area contributed by atoms with Crippen molar-refractivity contribution in [3.8, 4) is 0 Å². The van der Waals surface area contributed by atoms with Crippen molar-refractivity contribution in [3.05, 3.63) is 36.2 Å². The second-order valence-corrected chi connectivity index (χ2v) is 6.34. The first kappa shape index (κ1) is 22.7. The molecule has 0 unspecified atom stereocenters. The fourth-order valence-corrected chi connectivity index (χ4v) is 2.72. The van der Waals surface area contributed by atoms with Crippen LogP contribution in [0.1, 0.15) is 39.5 Å². The van der Waals surface area contributed by atoms with Crippen molar-refractivity contribution in [2.45, 2.75) is 46.0 Å². The van der Waals surface area contributed by atoms with Gasteiger partial charge in [-0.15, -0.1) is 0 Å². The monoisotopic (exact) mass is 418 g/mol. The molecule has 0 radical (unpaired) electrons. The van der Waals surface area contributed by atoms with E-state index in [0.29, 0.717) is 11.0 Å². The molecule has 160 valence electrons. The predicted molar refractivity (Wildman–Crippen MR) is 102 cm³/mol. The van der Waals surface area contributed by atoms with Gasteiger partial charge in [0.15, 0.2) is 18.3 Å². The van der Waals surface area contributed by atoms with E-state index in [9.17, 15) is 19.2 Å². The van der Waals surface area contributed by atoms with Crippen LogP contribution in [0.4, 0.5) is 0 Å². The predicted octanol–water partition coefficient (Wildman–Crippen LogP) is 1.66. The van der Waals surface area contributed by atoms with E-state index < -0.39 is 48.8 Å². The molecule has 0 aliphatic carbocycles. The van der Waals surface area contributed by atoms with Crippen LogP contribution in [0.3, 0.4) is 0 Å². The second-order valence-electron chi connectivity index (χ2n) is 6.34. The number of rotatable bonds is 8. The van der Waals surface area contributed by atoms with Gasteiger partial charge in [0.2, 0.25) is 0 Å². The van der Waals surface area contributed by atoms with Crippen molar-refractivity contribution in [1.29, 1.82) is 0 Å². The number of aromatic nitrogens is 2. The zero-order valence-corrected chi connectivity index (χ0v) is 17.0. The van der Waals surface area contributed by atoms with E-state index in [1.807, 2.05) is 0 Å². The Bertz CT molecular complexity index is 945. The molecule has 0 bridgehead atoms. The number of benzene rings is 1. The molecule has 0 saturated carbocycles. The zero-order chi connectivity index (χ0) is 22.3. The summed E-state index contributed by atoms with van der Waals surface area (Å²) >= 11 is 0. The normalized spacial score (nSPS) is 13.6. The molecule has 0 saturated heterocycles. The van der Waals surface area contributed by atoms with Gasteiger partial charge in [-0.05, 0) is 12.1 Å². The van der Waals surface area contributed by atoms with Crippen LogP contribution in [0.15, 0.2) is 30.5 Å². The number of nitrogens with zero attached hydrogens (tertiary/aromatic N) is 2. The average Bonchev–Trinajstić information content (AvgIpc) is 2.66. The largest absolute Gasteiger partial charge is 0.462 e. The van der Waals surface area contributed by atoms with Gasteiger partial charge >= 0.3 is 23.9 Å². The highest BCUT2D eigenvalue weighted by atomic mass is 16.6. The van der Waals surface area contributed by atoms with Crippen LogP contribution in [-0.2, 0) is 38.1 Å². The summed E-state index contributed by atoms with van der Waals surface area (Å²) < 4.78 is 20.8. The maximum absolute atomic E-state index is 11.8. The van der Waals surface area contributed by atoms with Crippen molar-refractivity contribution in [2.75, 3.05) is 6.61 Å². The molecule has 10 nitrogen and oxygen atoms in total. The fourth-order valence-electron chi connectivity index (χ4n) is 2.72. The summed E-state index contributed by atoms with van der Waals surface area (Å²) in [7, 11) is 0. The van der Waals surface area contributed by atoms with Crippen LogP contribution in [-0.4, -0.2) is 52.7 Å². The van der Waals surface area contributed by atoms with Gasteiger partial charge in [-0.2, -0.15) is 0 Å². The average molecular weight is 418 g/mol. The minimum absolute atomic E-state index is 0.162. The quantitative estimate of drug-likeness (QED) is 0.460. The summed E-state index contributed by atoms with van der Waals surface area (Å²) in [4.78, 5) is 55.1. The maximum Gasteiger partial charge on any atom is 0.303 e. The maximum atomic E-state index is 11.8. The SMILES string of the molecule is CC(=O)OC[C@H](OC(C)=O)[C@H](OC(C)=O)[C@H](OC(C)=O)c1cnc2ccccc2n1. The number of hydrogen-bond donors (Lipinski definition) is 0. The Morgan fingerprint density at radius 1 is 0.833 bits per heavy atom. The summed E-state index contributed by atoms with van der Waals surface area (Å²) in [6.07, 6.45) is -2.51. The van der Waals surface area contributed by atoms with E-state index >= 15 is 0 Å². The third-order valence-corrected chi connectivity index (χ3v) is 3.79. The van der Waals surface area contributed by atoms with Gasteiger partial charge in [-0.3, -0.25) is 24.2 Å². The molecule has 30 heavy (non-hydrogen) atoms. The van der Waals surface area contributed by atoms with Crippen molar-refractivity contribution in [3.63, 3.8) is 0 Å². The number of carbonyl (C=O) groups is 4. The highest BCUT2D eigenvalue weighted by Crippen LogP contribution is 2.28. The lowest BCUT2D eigenvalue weighted by molar-refractivity contribution is -0.190. The third-order valence-electron chi connectivity index (χ3n) is 3.79. The molecule has 0 fully saturated rings. The Balaban J connectivity index is 2.52. The van der Waals surface area contributed by atoms with E-state index in [0.717, 1.165) is 13.8 Å². The third kappa shape index (κ3) is 6.50. The number of carbonyl (C=O) groups excluding carboxylic acids is 4. The summed E-state index contributed by atoms with van der Waals surface area (Å²) in [5.74, 6) is -2.77. The lowest BCUT2D eigenvalue weighted by Crippen LogP contribution is -2.43. The first-order valence-corrected chi connectivity index (χ1v) is 9.04. The van der Waals surface area contributed by atoms with E-state index in [4.69, 9.17) is 18.9 Å². The van der Waals surface area contributed by atoms with Gasteiger partial charge in [0.25, 0.3) is 0 Å². The van der Waals surface area contributed by atoms with Crippen LogP contribution in [0.5, 0.6) is 0 Å². The minimum atomic E-state index is -1.34. The van der Waals surface area contributed by atoms with Crippen molar-refractivity contribution in [2.24, 2.45) is 0 Å². The van der Waals surface area contributed by atoms with E-state index in [1.165, 1.54) is 20.0 Å². The molecule has 1 aromatic carbocycles. The fraction of sp³-hybridized carbons (Fsp3) is 0.400. The summed E-state index contributed by atoms with van der Waals surface area (Å²) in [6.45, 7) is 4.19. The number of para-hydroxylation sites is 2. The second kappa shape index (κ2) is 10.3. The number of fused-ring (bicyclic) bond motifs is 1. The minimum Gasteiger partial charge on any atom is -0.462 e. The van der Waals surface area contributed by atoms with Gasteiger partial charge in [0.1, 0.15) is 12.3 Å². The molecular formula is C20H22N2O8. The Morgan fingerprint density at radius 2 is 1.43 bits per heavy atom. The van der Waals surface area contributed by atoms with Gasteiger partial charge < -0.3 is 18.9 Å². The first-order valence-electron chi connectivity index (χ1n) is 9.04. The smallest absolute Gasteiger partial charge is 0.303 e. The van der Waals surface area contributed by atoms with Gasteiger partial charge in [-0.1, -0.05) is 12.1 Å². The highest BCUT2D eigenvalue weighted by Gasteiger charge is 2.40. The topological polar surface area (TPSA) is 131 Å². The van der Waals surface area contributed by atoms with Gasteiger partial charge in [0, 0.05) is 27.7 Å². The molecular weight excluding hydrogens is 396 g/mol. The molecule has 0 spiro atoms. The number of ether oxygens (including phenoxy) is 4. The van der Waals surface area contributed by atoms with E-state index in [2.05, 4.69) is 9.97 Å². The molecule has 1 heterocycles. The molecule has 1 aromatic heterocycles. The molecule has 0 aliphatic rings. The van der Waals surface area contributed by atoms with Gasteiger partial charge in [-0.25, -0.2) is 4.98 Å². The van der Waals surface area contributed by atoms with Crippen molar-refractivity contribution in [1.82, 2.24) is 9.97 Å². The number of hydrogen-bond acceptors (Lipinski definition) is 10. The Hall–Kier alpha value is -3.56. The van der Waals surface area contributed by atoms with Crippen LogP contribution in [0, 0.1) is 0 Å². The lowest BCUT2D eigenvalue weighted by Gasteiger charge is -2.31. The van der Waals surface area contributed by atoms with Crippen molar-refractivity contribution >= 4 is 34.9 Å². The van der Waals surface area contributed by atoms with Crippen LogP contribution >= 0.6 is 0 Å². The van der Waals surface area contributed by atoms with Crippen molar-refractivity contribution < 1.29 is 38.1 Å². The summed E-state index contributed by atoms with van der Waals surface area (Å²) in [6, 6.07) is 7.00. The van der Waals surface area contributed by atoms with Gasteiger partial charge in [0.05, 0.1) is 17.2 Å². The molecule has 2 rings (SSSR count). The molecule has 0 amide bonds. The Kier molecular flexibility index (Phi) is 7.79. The van der Waals surface area contributed by atoms with Crippen LogP contribution < -0.4 is 0 Å². The highest BCUT2D eigenvalue weighted by molar-refractivity contribution is 5.74. The molecule has 0 N–H and O–H groups in total. The summed E-state index contributed by atoms with van der Waals surface area (Å²) in [5, 5.41) is 0. The Morgan fingerprint density at radius 3 is 2.00 bits per heavy atom. The van der Waals surface area contributed by atoms with E-state index in [-0.39, 0.29) is 5.69 Å². The Labute approximate surface area is 172 Å². The molecule has 3 atom stereocenters. The standard InChI is InChI=1S/C20H22N2O8/c1-11(23)27-10-18(28-12(2)24)20(30-14(4)26)19(29-13(3)25)17-9-21-15-7-5-6-8-16(15)22-17/h5-9,18-20H,10H2,1-4H3/t18-,19+,20-/m0/s1. The van der Waals surface area contributed by atoms with Crippen LogP contribution in [0.25, 0.3) is 11.0 Å². The molecule has 0 aliphatic heterocycles. The zero-order valence-electron chi connectivity index (χ0n) is 17.0. The van der Waals surface area contributed by atoms with E-state index in [1.54, 1.807) is 24.3 Å². The first-order chi connectivity index (χ1) is 14.2. The molecule has 10 heteroatoms. The number of esters is 4. The summed E-state index contributed by atoms with van der Waals surface area (Å²) in [5.41, 5.74) is 1.27.